The summed E-state index contributed by atoms with van der Waals surface area (Å²) in [6, 6.07) is -3.87. The number of nitrogens with one attached hydrogen (secondary N) is 2. The summed E-state index contributed by atoms with van der Waals surface area (Å²) in [7, 11) is -11.4. The summed E-state index contributed by atoms with van der Waals surface area (Å²) < 4.78 is 80.4. The van der Waals surface area contributed by atoms with E-state index in [9.17, 15) is 68.3 Å². The Labute approximate surface area is 780 Å². The third kappa shape index (κ3) is 66.6. The van der Waals surface area contributed by atoms with Crippen LogP contribution < -0.4 is 10.6 Å². The molecule has 14 atom stereocenters. The Hall–Kier alpha value is -3.50. The molecule has 129 heavy (non-hydrogen) atoms. The Morgan fingerprint density at radius 1 is 0.341 bits per heavy atom. The molecule has 0 bridgehead atoms. The monoisotopic (exact) mass is 1880 g/mol. The normalized spacial score (nSPS) is 20.0. The van der Waals surface area contributed by atoms with Crippen LogP contribution in [0.25, 0.3) is 0 Å². The van der Waals surface area contributed by atoms with Crippen molar-refractivity contribution < 1.29 is 120 Å². The zero-order valence-electron chi connectivity index (χ0n) is 81.6. The lowest BCUT2D eigenvalue weighted by molar-refractivity contribution is -0.297. The number of hydrogen-bond donors (Lipinski definition) is 10. The molecule has 0 radical (unpaired) electrons. The molecule has 0 aromatic rings. The Bertz CT molecular complexity index is 2870. The van der Waals surface area contributed by atoms with Crippen LogP contribution in [0, 0.1) is 0 Å². The molecule has 2 aliphatic rings. The van der Waals surface area contributed by atoms with Crippen molar-refractivity contribution in [2.45, 2.75) is 577 Å². The number of hydrogen-bond acceptors (Lipinski definition) is 21. The Kier molecular flexibility index (Phi) is 75.9. The van der Waals surface area contributed by atoms with Crippen molar-refractivity contribution >= 4 is 51.3 Å². The largest absolute Gasteiger partial charge is 0.472 e. The number of allylic oxidation sites excluding steroid dienone is 2. The molecule has 758 valence electrons. The minimum Gasteiger partial charge on any atom is -0.462 e. The molecule has 2 aliphatic heterocycles. The summed E-state index contributed by atoms with van der Waals surface area (Å²) in [6.45, 7) is 10.9. The van der Waals surface area contributed by atoms with Gasteiger partial charge >= 0.3 is 39.5 Å². The summed E-state index contributed by atoms with van der Waals surface area (Å²) in [4.78, 5) is 129. The van der Waals surface area contributed by atoms with Crippen LogP contribution in [0.1, 0.15) is 491 Å². The number of aliphatic hydroxyl groups excluding tert-OH is 4. The van der Waals surface area contributed by atoms with Crippen molar-refractivity contribution in [2.24, 2.45) is 0 Å². The molecule has 2 amide bonds. The molecule has 9 unspecified atom stereocenters. The van der Waals surface area contributed by atoms with E-state index < -0.39 is 176 Å². The fourth-order valence-electron chi connectivity index (χ4n) is 17.3. The van der Waals surface area contributed by atoms with Crippen LogP contribution in [-0.4, -0.2) is 175 Å². The van der Waals surface area contributed by atoms with Crippen molar-refractivity contribution in [1.29, 1.82) is 0 Å². The van der Waals surface area contributed by atoms with Crippen molar-refractivity contribution in [2.75, 3.05) is 13.2 Å². The van der Waals surface area contributed by atoms with Gasteiger partial charge in [-0.15, -0.1) is 0 Å². The smallest absolute Gasteiger partial charge is 0.462 e. The Morgan fingerprint density at radius 2 is 0.643 bits per heavy atom. The van der Waals surface area contributed by atoms with Gasteiger partial charge < -0.3 is 83.8 Å². The summed E-state index contributed by atoms with van der Waals surface area (Å²) in [5.41, 5.74) is 0. The number of aliphatic hydroxyl groups is 4. The number of ether oxygens (including phenoxy) is 7. The van der Waals surface area contributed by atoms with Crippen molar-refractivity contribution in [3.63, 3.8) is 0 Å². The van der Waals surface area contributed by atoms with Crippen molar-refractivity contribution in [1.82, 2.24) is 10.6 Å². The van der Waals surface area contributed by atoms with E-state index in [2.05, 4.69) is 64.3 Å². The van der Waals surface area contributed by atoms with Gasteiger partial charge in [0.2, 0.25) is 11.8 Å². The minimum atomic E-state index is -5.70. The van der Waals surface area contributed by atoms with Crippen LogP contribution in [0.3, 0.4) is 0 Å². The maximum atomic E-state index is 15.2. The minimum absolute atomic E-state index is 0.0724. The fourth-order valence-corrected chi connectivity index (χ4v) is 18.4. The number of amides is 2. The highest BCUT2D eigenvalue weighted by Crippen LogP contribution is 2.44. The van der Waals surface area contributed by atoms with Crippen LogP contribution in [0.2, 0.25) is 0 Å². The molecule has 2 fully saturated rings. The van der Waals surface area contributed by atoms with E-state index in [0.29, 0.717) is 38.5 Å². The van der Waals surface area contributed by atoms with Gasteiger partial charge in [0.25, 0.3) is 0 Å². The predicted octanol–water partition coefficient (Wildman–Crippen LogP) is 22.7. The summed E-state index contributed by atoms with van der Waals surface area (Å²) in [6.07, 6.45) is 43.1. The van der Waals surface area contributed by atoms with Crippen LogP contribution in [0.5, 0.6) is 0 Å². The summed E-state index contributed by atoms with van der Waals surface area (Å²) in [5, 5.41) is 51.6. The molecule has 29 heteroatoms. The molecule has 0 aromatic heterocycles. The number of phosphoric ester groups is 2. The fraction of sp³-hybridized carbons (Fsp3) is 0.920. The molecule has 0 aliphatic carbocycles. The van der Waals surface area contributed by atoms with Gasteiger partial charge in [0.05, 0.1) is 51.1 Å². The van der Waals surface area contributed by atoms with E-state index in [4.69, 9.17) is 42.2 Å². The standard InChI is InChI=1S/C100H188N2O25P2/c1-7-13-19-25-31-37-39-41-43-49-55-61-67-73-89(108)120-83(71-65-59-53-47-35-29-23-17-11-5)77-88(107)102-94-98(125-92(111)78-84(72-66-60-54-48-36-30-24-18-12-6)121-90(109)74-68-62-56-50-44-42-40-38-32-26-20-14-8-2)96(126-128(113,114)115)85(79-103)122-99(94)119-80-86-95(112)97(124-91(110)76-82(105)70-64-58-52-46-34-28-22-16-10-4)93(100(123-86)127-129(116,117)118)101-87(106)75-81(104)69-63-57-51-45-33-27-21-15-9-3/h37,39,81-86,93-100,103-105,112H,7-36,38,40-80H2,1-6H3,(H,101,106)(H,102,107)(H2,113,114,115)(H2,116,117,118)/b39-37-/t81?,82?,83?,84?,85?,86?,93?,94?,95-,96-,97-,98-,99-,100?/m1/s1. The summed E-state index contributed by atoms with van der Waals surface area (Å²) >= 11 is 0. The van der Waals surface area contributed by atoms with Gasteiger partial charge in [-0.2, -0.15) is 0 Å². The number of carbonyl (C=O) groups is 6. The first kappa shape index (κ1) is 122. The SMILES string of the molecule is CCCCCC/C=C\CCCCCCCC(=O)OC(CCCCCCCCCCC)CC(=O)NC1[C@H](OCC2OC(OP(=O)(O)O)C(NC(=O)CC(O)CCCCCCCCCCC)[C@@H](OC(=O)CC(O)CCCCCCCCCCC)[C@@H]2O)OC(CO)[C@@H](OP(=O)(O)O)[C@@H]1OC(=O)CC(CCCCCCCCCCC)OC(=O)CCCCCCCCCCCCCCC. The second-order valence-corrected chi connectivity index (χ2v) is 39.7. The van der Waals surface area contributed by atoms with E-state index in [1.165, 1.54) is 89.9 Å². The third-order valence-corrected chi connectivity index (χ3v) is 26.0. The first-order chi connectivity index (χ1) is 62.3. The van der Waals surface area contributed by atoms with Gasteiger partial charge in [0, 0.05) is 12.8 Å². The third-order valence-electron chi connectivity index (χ3n) is 25.0. The molecular formula is C100H188N2O25P2. The number of carbonyl (C=O) groups excluding carboxylic acids is 6. The number of rotatable bonds is 89. The van der Waals surface area contributed by atoms with E-state index in [0.717, 1.165) is 257 Å². The quantitative estimate of drug-likeness (QED) is 0.00889. The topological polar surface area (TPSA) is 406 Å². The maximum absolute atomic E-state index is 15.2. The van der Waals surface area contributed by atoms with Gasteiger partial charge in [0.15, 0.2) is 24.8 Å². The van der Waals surface area contributed by atoms with Crippen molar-refractivity contribution in [3.8, 4) is 0 Å². The first-order valence-electron chi connectivity index (χ1n) is 52.4. The van der Waals surface area contributed by atoms with Gasteiger partial charge in [-0.05, 0) is 77.0 Å². The van der Waals surface area contributed by atoms with Crippen LogP contribution in [0.15, 0.2) is 12.2 Å². The number of phosphoric acid groups is 2. The van der Waals surface area contributed by atoms with E-state index >= 15 is 9.59 Å². The molecule has 0 aromatic carbocycles. The van der Waals surface area contributed by atoms with E-state index in [-0.39, 0.29) is 38.5 Å². The summed E-state index contributed by atoms with van der Waals surface area (Å²) in [5.74, 6) is -5.05. The van der Waals surface area contributed by atoms with E-state index in [1.54, 1.807) is 0 Å². The first-order valence-corrected chi connectivity index (χ1v) is 55.4. The van der Waals surface area contributed by atoms with Crippen LogP contribution in [-0.2, 0) is 80.1 Å². The maximum Gasteiger partial charge on any atom is 0.472 e. The van der Waals surface area contributed by atoms with Gasteiger partial charge in [-0.1, -0.05) is 388 Å². The zero-order valence-corrected chi connectivity index (χ0v) is 83.4. The molecular weight excluding hydrogens is 1690 g/mol. The van der Waals surface area contributed by atoms with Gasteiger partial charge in [0.1, 0.15) is 48.7 Å². The van der Waals surface area contributed by atoms with E-state index in [1.807, 2.05) is 0 Å². The van der Waals surface area contributed by atoms with Crippen LogP contribution >= 0.6 is 15.6 Å². The Balaban J connectivity index is 2.83. The average molecular weight is 1880 g/mol. The predicted molar refractivity (Wildman–Crippen MR) is 508 cm³/mol. The molecule has 2 heterocycles. The highest BCUT2D eigenvalue weighted by molar-refractivity contribution is 7.46. The number of unbranched alkanes of at least 4 members (excludes halogenated alkanes) is 53. The highest BCUT2D eigenvalue weighted by atomic mass is 31.2. The lowest BCUT2D eigenvalue weighted by Gasteiger charge is -2.47. The van der Waals surface area contributed by atoms with Gasteiger partial charge in [-0.3, -0.25) is 37.8 Å². The molecule has 0 saturated carbocycles. The zero-order chi connectivity index (χ0) is 94.7. The second-order valence-electron chi connectivity index (χ2n) is 37.3. The molecule has 2 saturated heterocycles. The number of esters is 4. The van der Waals surface area contributed by atoms with Gasteiger partial charge in [-0.25, -0.2) is 9.13 Å². The second kappa shape index (κ2) is 80.6. The molecule has 10 N–H and O–H groups in total. The molecule has 2 rings (SSSR count). The average Bonchev–Trinajstić information content (AvgIpc) is 0.770. The Morgan fingerprint density at radius 3 is 1.02 bits per heavy atom. The molecule has 0 spiro atoms. The molecule has 27 nitrogen and oxygen atoms in total. The lowest BCUT2D eigenvalue weighted by atomic mass is 9.95. The highest BCUT2D eigenvalue weighted by Gasteiger charge is 2.55. The lowest BCUT2D eigenvalue weighted by Crippen LogP contribution is -2.68. The van der Waals surface area contributed by atoms with Crippen molar-refractivity contribution in [3.05, 3.63) is 12.2 Å². The van der Waals surface area contributed by atoms with Crippen LogP contribution in [0.4, 0.5) is 0 Å².